The number of ether oxygens (including phenoxy) is 1. The van der Waals surface area contributed by atoms with Gasteiger partial charge in [0.1, 0.15) is 18.5 Å². The van der Waals surface area contributed by atoms with Crippen molar-refractivity contribution in [3.8, 4) is 5.75 Å². The molecule has 0 radical (unpaired) electrons. The summed E-state index contributed by atoms with van der Waals surface area (Å²) >= 11 is 0. The molecule has 0 aliphatic carbocycles. The number of aliphatic hydroxyl groups excluding tert-OH is 1. The van der Waals surface area contributed by atoms with E-state index in [1.807, 2.05) is 31.2 Å². The average Bonchev–Trinajstić information content (AvgIpc) is 2.36. The molecule has 120 valence electrons. The Labute approximate surface area is 129 Å². The standard InChI is InChI=1S/C17H30N2O2/c1-14-6-8-16(9-7-14)21-11-15(20)10-18-12-17(2,3)13-19(4)5/h6-9,15,18,20H,10-13H2,1-5H3. The van der Waals surface area contributed by atoms with Gasteiger partial charge < -0.3 is 20.1 Å². The molecule has 4 nitrogen and oxygen atoms in total. The molecule has 0 aliphatic rings. The van der Waals surface area contributed by atoms with Crippen LogP contribution in [0.2, 0.25) is 0 Å². The molecule has 0 saturated carbocycles. The minimum atomic E-state index is -0.499. The van der Waals surface area contributed by atoms with Gasteiger partial charge in [-0.1, -0.05) is 31.5 Å². The SMILES string of the molecule is Cc1ccc(OCC(O)CNCC(C)(C)CN(C)C)cc1. The molecule has 1 atom stereocenters. The quantitative estimate of drug-likeness (QED) is 0.730. The lowest BCUT2D eigenvalue weighted by Gasteiger charge is -2.29. The van der Waals surface area contributed by atoms with Gasteiger partial charge in [-0.15, -0.1) is 0 Å². The number of hydrogen-bond acceptors (Lipinski definition) is 4. The van der Waals surface area contributed by atoms with Crippen LogP contribution in [-0.2, 0) is 0 Å². The summed E-state index contributed by atoms with van der Waals surface area (Å²) in [4.78, 5) is 2.18. The molecule has 21 heavy (non-hydrogen) atoms. The van der Waals surface area contributed by atoms with Gasteiger partial charge in [0.2, 0.25) is 0 Å². The number of aryl methyl sites for hydroxylation is 1. The molecule has 2 N–H and O–H groups in total. The molecule has 1 aromatic carbocycles. The van der Waals surface area contributed by atoms with Crippen LogP contribution in [-0.4, -0.2) is 56.4 Å². The van der Waals surface area contributed by atoms with Crippen LogP contribution in [0.4, 0.5) is 0 Å². The summed E-state index contributed by atoms with van der Waals surface area (Å²) in [6.07, 6.45) is -0.499. The van der Waals surface area contributed by atoms with E-state index in [9.17, 15) is 5.11 Å². The minimum Gasteiger partial charge on any atom is -0.491 e. The smallest absolute Gasteiger partial charge is 0.119 e. The Bertz CT molecular complexity index is 402. The highest BCUT2D eigenvalue weighted by Gasteiger charge is 2.18. The van der Waals surface area contributed by atoms with Gasteiger partial charge in [0, 0.05) is 19.6 Å². The van der Waals surface area contributed by atoms with Gasteiger partial charge in [-0.25, -0.2) is 0 Å². The normalized spacial score (nSPS) is 13.5. The number of nitrogens with zero attached hydrogens (tertiary/aromatic N) is 1. The van der Waals surface area contributed by atoms with E-state index in [0.717, 1.165) is 18.8 Å². The van der Waals surface area contributed by atoms with E-state index in [1.54, 1.807) is 0 Å². The fourth-order valence-electron chi connectivity index (χ4n) is 2.37. The first-order valence-electron chi connectivity index (χ1n) is 7.51. The maximum atomic E-state index is 9.95. The van der Waals surface area contributed by atoms with E-state index in [-0.39, 0.29) is 5.41 Å². The molecule has 0 aliphatic heterocycles. The van der Waals surface area contributed by atoms with E-state index in [1.165, 1.54) is 5.56 Å². The summed E-state index contributed by atoms with van der Waals surface area (Å²) in [5.41, 5.74) is 1.38. The van der Waals surface area contributed by atoms with Crippen LogP contribution in [0, 0.1) is 12.3 Å². The third kappa shape index (κ3) is 8.05. The maximum absolute atomic E-state index is 9.95. The zero-order chi connectivity index (χ0) is 15.9. The number of rotatable bonds is 9. The van der Waals surface area contributed by atoms with E-state index >= 15 is 0 Å². The van der Waals surface area contributed by atoms with Crippen LogP contribution < -0.4 is 10.1 Å². The Kier molecular flexibility index (Phi) is 7.15. The molecule has 1 aromatic rings. The molecular formula is C17H30N2O2. The highest BCUT2D eigenvalue weighted by atomic mass is 16.5. The largest absolute Gasteiger partial charge is 0.491 e. The molecular weight excluding hydrogens is 264 g/mol. The topological polar surface area (TPSA) is 44.7 Å². The van der Waals surface area contributed by atoms with E-state index in [4.69, 9.17) is 4.74 Å². The third-order valence-electron chi connectivity index (χ3n) is 3.19. The Hall–Kier alpha value is -1.10. The van der Waals surface area contributed by atoms with Crippen molar-refractivity contribution in [3.63, 3.8) is 0 Å². The Morgan fingerprint density at radius 1 is 1.24 bits per heavy atom. The van der Waals surface area contributed by atoms with E-state index < -0.39 is 6.10 Å². The minimum absolute atomic E-state index is 0.182. The summed E-state index contributed by atoms with van der Waals surface area (Å²) in [7, 11) is 4.15. The maximum Gasteiger partial charge on any atom is 0.119 e. The molecule has 0 amide bonds. The van der Waals surface area contributed by atoms with Crippen molar-refractivity contribution in [2.75, 3.05) is 40.3 Å². The Morgan fingerprint density at radius 2 is 1.86 bits per heavy atom. The highest BCUT2D eigenvalue weighted by molar-refractivity contribution is 5.26. The van der Waals surface area contributed by atoms with Gasteiger partial charge in [-0.2, -0.15) is 0 Å². The van der Waals surface area contributed by atoms with Gasteiger partial charge in [-0.05, 0) is 38.6 Å². The van der Waals surface area contributed by atoms with Gasteiger partial charge in [0.15, 0.2) is 0 Å². The second-order valence-electron chi connectivity index (χ2n) is 6.81. The lowest BCUT2D eigenvalue weighted by atomic mass is 9.93. The van der Waals surface area contributed by atoms with Crippen molar-refractivity contribution in [1.82, 2.24) is 10.2 Å². The average molecular weight is 294 g/mol. The zero-order valence-electron chi connectivity index (χ0n) is 14.0. The molecule has 0 spiro atoms. The lowest BCUT2D eigenvalue weighted by molar-refractivity contribution is 0.102. The van der Waals surface area contributed by atoms with Gasteiger partial charge in [-0.3, -0.25) is 0 Å². The van der Waals surface area contributed by atoms with Crippen molar-refractivity contribution in [3.05, 3.63) is 29.8 Å². The molecule has 0 bridgehead atoms. The van der Waals surface area contributed by atoms with Crippen LogP contribution in [0.3, 0.4) is 0 Å². The molecule has 4 heteroatoms. The lowest BCUT2D eigenvalue weighted by Crippen LogP contribution is -2.41. The second-order valence-corrected chi connectivity index (χ2v) is 6.81. The van der Waals surface area contributed by atoms with Crippen LogP contribution in [0.15, 0.2) is 24.3 Å². The first-order chi connectivity index (χ1) is 9.78. The van der Waals surface area contributed by atoms with Gasteiger partial charge in [0.05, 0.1) is 0 Å². The van der Waals surface area contributed by atoms with Gasteiger partial charge in [0.25, 0.3) is 0 Å². The number of nitrogens with one attached hydrogen (secondary N) is 1. The van der Waals surface area contributed by atoms with Crippen molar-refractivity contribution < 1.29 is 9.84 Å². The molecule has 0 saturated heterocycles. The highest BCUT2D eigenvalue weighted by Crippen LogP contribution is 2.14. The molecule has 0 heterocycles. The predicted octanol–water partition coefficient (Wildman–Crippen LogP) is 1.91. The second kappa shape index (κ2) is 8.37. The summed E-state index contributed by atoms with van der Waals surface area (Å²) in [6.45, 7) is 9.21. The van der Waals surface area contributed by atoms with Crippen molar-refractivity contribution >= 4 is 0 Å². The Balaban J connectivity index is 2.22. The fourth-order valence-corrected chi connectivity index (χ4v) is 2.37. The summed E-state index contributed by atoms with van der Waals surface area (Å²) in [5, 5.41) is 13.3. The number of hydrogen-bond donors (Lipinski definition) is 2. The van der Waals surface area contributed by atoms with Crippen LogP contribution in [0.25, 0.3) is 0 Å². The Morgan fingerprint density at radius 3 is 2.43 bits per heavy atom. The van der Waals surface area contributed by atoms with Crippen LogP contribution >= 0.6 is 0 Å². The molecule has 1 rings (SSSR count). The molecule has 0 aromatic heterocycles. The molecule has 0 fully saturated rings. The summed E-state index contributed by atoms with van der Waals surface area (Å²) in [5.74, 6) is 0.799. The van der Waals surface area contributed by atoms with Crippen molar-refractivity contribution in [1.29, 1.82) is 0 Å². The van der Waals surface area contributed by atoms with Crippen LogP contribution in [0.5, 0.6) is 5.75 Å². The monoisotopic (exact) mass is 294 g/mol. The zero-order valence-corrected chi connectivity index (χ0v) is 14.0. The van der Waals surface area contributed by atoms with Gasteiger partial charge >= 0.3 is 0 Å². The first kappa shape index (κ1) is 18.0. The first-order valence-corrected chi connectivity index (χ1v) is 7.51. The third-order valence-corrected chi connectivity index (χ3v) is 3.19. The predicted molar refractivity (Wildman–Crippen MR) is 87.9 cm³/mol. The summed E-state index contributed by atoms with van der Waals surface area (Å²) < 4.78 is 5.57. The number of aliphatic hydroxyl groups is 1. The summed E-state index contributed by atoms with van der Waals surface area (Å²) in [6, 6.07) is 7.86. The van der Waals surface area contributed by atoms with Crippen LogP contribution in [0.1, 0.15) is 19.4 Å². The van der Waals surface area contributed by atoms with E-state index in [2.05, 4.69) is 38.2 Å². The molecule has 1 unspecified atom stereocenters. The van der Waals surface area contributed by atoms with Crippen molar-refractivity contribution in [2.24, 2.45) is 5.41 Å². The fraction of sp³-hybridized carbons (Fsp3) is 0.647. The van der Waals surface area contributed by atoms with Crippen molar-refractivity contribution in [2.45, 2.75) is 26.9 Å². The number of benzene rings is 1. The van der Waals surface area contributed by atoms with E-state index in [0.29, 0.717) is 13.2 Å².